The Morgan fingerprint density at radius 3 is 2.28 bits per heavy atom. The van der Waals surface area contributed by atoms with Gasteiger partial charge in [0.25, 0.3) is 5.91 Å². The van der Waals surface area contributed by atoms with Gasteiger partial charge in [0.15, 0.2) is 5.78 Å². The van der Waals surface area contributed by atoms with Gasteiger partial charge < -0.3 is 14.2 Å². The van der Waals surface area contributed by atoms with E-state index in [4.69, 9.17) is 16.3 Å². The number of ether oxygens (including phenoxy) is 1. The second kappa shape index (κ2) is 9.27. The van der Waals surface area contributed by atoms with Crippen LogP contribution in [0.25, 0.3) is 0 Å². The van der Waals surface area contributed by atoms with Gasteiger partial charge in [-0.15, -0.1) is 0 Å². The molecule has 0 bridgehead atoms. The first-order chi connectivity index (χ1) is 13.6. The second-order valence-corrected chi connectivity index (χ2v) is 7.47. The van der Waals surface area contributed by atoms with E-state index in [1.165, 1.54) is 7.11 Å². The fourth-order valence-electron chi connectivity index (χ4n) is 3.55. The average molecular weight is 419 g/mol. The Labute approximate surface area is 176 Å². The highest BCUT2D eigenvalue weighted by Crippen LogP contribution is 2.25. The summed E-state index contributed by atoms with van der Waals surface area (Å²) < 4.78 is 6.51. The van der Waals surface area contributed by atoms with Crippen LogP contribution >= 0.6 is 11.6 Å². The van der Waals surface area contributed by atoms with Crippen molar-refractivity contribution < 1.29 is 19.1 Å². The van der Waals surface area contributed by atoms with Crippen molar-refractivity contribution in [3.05, 3.63) is 57.4 Å². The van der Waals surface area contributed by atoms with Gasteiger partial charge in [-0.2, -0.15) is 0 Å². The standard InChI is InChI=1S/C22H27ClN2O4/c1-7-12-25(21(27)16-8-10-17(23)11-9-16)15(4)20(26)18-13(2)19(22(28)29-6)24(5)14(18)3/h8-11,15H,7,12H2,1-6H3. The minimum Gasteiger partial charge on any atom is -0.464 e. The number of carbonyl (C=O) groups excluding carboxylic acids is 3. The zero-order chi connectivity index (χ0) is 21.9. The number of ketones is 1. The number of rotatable bonds is 7. The molecule has 0 aliphatic heterocycles. The maximum atomic E-state index is 13.4. The van der Waals surface area contributed by atoms with E-state index in [0.717, 1.165) is 0 Å². The summed E-state index contributed by atoms with van der Waals surface area (Å²) in [6.45, 7) is 7.61. The maximum Gasteiger partial charge on any atom is 0.354 e. The summed E-state index contributed by atoms with van der Waals surface area (Å²) in [6.07, 6.45) is 0.705. The molecule has 1 unspecified atom stereocenters. The highest BCUT2D eigenvalue weighted by molar-refractivity contribution is 6.30. The Morgan fingerprint density at radius 1 is 1.17 bits per heavy atom. The lowest BCUT2D eigenvalue weighted by molar-refractivity contribution is 0.0588. The molecule has 1 heterocycles. The van der Waals surface area contributed by atoms with Crippen LogP contribution in [-0.2, 0) is 11.8 Å². The quantitative estimate of drug-likeness (QED) is 0.499. The number of halogens is 1. The summed E-state index contributed by atoms with van der Waals surface area (Å²) in [5.74, 6) is -0.937. The van der Waals surface area contributed by atoms with Crippen molar-refractivity contribution in [1.29, 1.82) is 0 Å². The number of carbonyl (C=O) groups is 3. The van der Waals surface area contributed by atoms with E-state index in [1.54, 1.807) is 61.6 Å². The van der Waals surface area contributed by atoms with Crippen LogP contribution in [0.2, 0.25) is 5.02 Å². The predicted octanol–water partition coefficient (Wildman–Crippen LogP) is 4.21. The summed E-state index contributed by atoms with van der Waals surface area (Å²) in [6, 6.07) is 5.92. The number of hydrogen-bond donors (Lipinski definition) is 0. The van der Waals surface area contributed by atoms with Gasteiger partial charge >= 0.3 is 5.97 Å². The summed E-state index contributed by atoms with van der Waals surface area (Å²) in [7, 11) is 3.03. The van der Waals surface area contributed by atoms with Crippen LogP contribution in [0.5, 0.6) is 0 Å². The van der Waals surface area contributed by atoms with Crippen molar-refractivity contribution in [3.8, 4) is 0 Å². The van der Waals surface area contributed by atoms with Gasteiger partial charge in [0.05, 0.1) is 13.2 Å². The van der Waals surface area contributed by atoms with Gasteiger partial charge in [-0.1, -0.05) is 18.5 Å². The average Bonchev–Trinajstić information content (AvgIpc) is 2.93. The number of hydrogen-bond acceptors (Lipinski definition) is 4. The molecule has 0 aliphatic rings. The SMILES string of the molecule is CCCN(C(=O)c1ccc(Cl)cc1)C(C)C(=O)c1c(C)c(C(=O)OC)n(C)c1C. The topological polar surface area (TPSA) is 68.6 Å². The van der Waals surface area contributed by atoms with Crippen LogP contribution in [-0.4, -0.2) is 46.8 Å². The molecule has 1 aromatic carbocycles. The van der Waals surface area contributed by atoms with Crippen LogP contribution in [0.4, 0.5) is 0 Å². The molecule has 0 saturated carbocycles. The highest BCUT2D eigenvalue weighted by atomic mass is 35.5. The summed E-state index contributed by atoms with van der Waals surface area (Å²) in [5.41, 5.74) is 2.48. The predicted molar refractivity (Wildman–Crippen MR) is 113 cm³/mol. The number of amides is 1. The zero-order valence-electron chi connectivity index (χ0n) is 17.7. The number of benzene rings is 1. The van der Waals surface area contributed by atoms with Gasteiger partial charge in [0.2, 0.25) is 0 Å². The first kappa shape index (κ1) is 22.7. The Bertz CT molecular complexity index is 931. The van der Waals surface area contributed by atoms with Gasteiger partial charge in [0.1, 0.15) is 5.69 Å². The molecule has 0 saturated heterocycles. The Hall–Kier alpha value is -2.60. The largest absolute Gasteiger partial charge is 0.464 e. The van der Waals surface area contributed by atoms with Crippen molar-refractivity contribution in [2.75, 3.05) is 13.7 Å². The number of aromatic nitrogens is 1. The molecule has 1 aromatic heterocycles. The first-order valence-electron chi connectivity index (χ1n) is 9.50. The Kier molecular flexibility index (Phi) is 7.25. The molecular formula is C22H27ClN2O4. The molecule has 0 N–H and O–H groups in total. The number of nitrogens with zero attached hydrogens (tertiary/aromatic N) is 2. The molecule has 1 atom stereocenters. The van der Waals surface area contributed by atoms with Crippen LogP contribution in [0.1, 0.15) is 62.7 Å². The molecule has 0 fully saturated rings. The summed E-state index contributed by atoms with van der Waals surface area (Å²) >= 11 is 5.92. The molecule has 2 rings (SSSR count). The lowest BCUT2D eigenvalue weighted by atomic mass is 9.99. The second-order valence-electron chi connectivity index (χ2n) is 7.03. The van der Waals surface area contributed by atoms with Crippen LogP contribution in [0.15, 0.2) is 24.3 Å². The molecule has 156 valence electrons. The minimum atomic E-state index is -0.691. The fraction of sp³-hybridized carbons (Fsp3) is 0.409. The Balaban J connectivity index is 2.44. The maximum absolute atomic E-state index is 13.4. The lowest BCUT2D eigenvalue weighted by Gasteiger charge is -2.28. The smallest absolute Gasteiger partial charge is 0.354 e. The number of esters is 1. The van der Waals surface area contributed by atoms with Gasteiger partial charge in [-0.25, -0.2) is 4.79 Å². The highest BCUT2D eigenvalue weighted by Gasteiger charge is 2.32. The third-order valence-corrected chi connectivity index (χ3v) is 5.47. The lowest BCUT2D eigenvalue weighted by Crippen LogP contribution is -2.44. The molecule has 7 heteroatoms. The van der Waals surface area contributed by atoms with E-state index in [2.05, 4.69) is 0 Å². The molecule has 1 amide bonds. The summed E-state index contributed by atoms with van der Waals surface area (Å²) in [5, 5.41) is 0.540. The number of Topliss-reactive ketones (excluding diaryl/α,β-unsaturated/α-hetero) is 1. The third-order valence-electron chi connectivity index (χ3n) is 5.22. The molecule has 6 nitrogen and oxygen atoms in total. The molecule has 0 radical (unpaired) electrons. The van der Waals surface area contributed by atoms with E-state index in [-0.39, 0.29) is 11.7 Å². The molecule has 2 aromatic rings. The van der Waals surface area contributed by atoms with E-state index < -0.39 is 12.0 Å². The van der Waals surface area contributed by atoms with Crippen LogP contribution in [0, 0.1) is 13.8 Å². The van der Waals surface area contributed by atoms with Crippen molar-refractivity contribution in [2.45, 2.75) is 40.2 Å². The van der Waals surface area contributed by atoms with Gasteiger partial charge in [0, 0.05) is 35.4 Å². The van der Waals surface area contributed by atoms with Crippen molar-refractivity contribution >= 4 is 29.3 Å². The van der Waals surface area contributed by atoms with Crippen molar-refractivity contribution in [3.63, 3.8) is 0 Å². The molecule has 29 heavy (non-hydrogen) atoms. The van der Waals surface area contributed by atoms with E-state index in [0.29, 0.717) is 46.1 Å². The van der Waals surface area contributed by atoms with Crippen LogP contribution in [0.3, 0.4) is 0 Å². The number of methoxy groups -OCH3 is 1. The monoisotopic (exact) mass is 418 g/mol. The minimum absolute atomic E-state index is 0.207. The van der Waals surface area contributed by atoms with Crippen LogP contribution < -0.4 is 0 Å². The van der Waals surface area contributed by atoms with E-state index in [9.17, 15) is 14.4 Å². The molecule has 0 aliphatic carbocycles. The van der Waals surface area contributed by atoms with Gasteiger partial charge in [-0.05, 0) is 57.0 Å². The molecular weight excluding hydrogens is 392 g/mol. The van der Waals surface area contributed by atoms with Crippen molar-refractivity contribution in [2.24, 2.45) is 7.05 Å². The Morgan fingerprint density at radius 2 is 1.76 bits per heavy atom. The summed E-state index contributed by atoms with van der Waals surface area (Å²) in [4.78, 5) is 40.2. The van der Waals surface area contributed by atoms with E-state index in [1.807, 2.05) is 6.92 Å². The van der Waals surface area contributed by atoms with Crippen molar-refractivity contribution in [1.82, 2.24) is 9.47 Å². The van der Waals surface area contributed by atoms with E-state index >= 15 is 0 Å². The normalized spacial score (nSPS) is 11.8. The molecule has 0 spiro atoms. The third kappa shape index (κ3) is 4.37. The zero-order valence-corrected chi connectivity index (χ0v) is 18.5. The first-order valence-corrected chi connectivity index (χ1v) is 9.88. The van der Waals surface area contributed by atoms with Gasteiger partial charge in [-0.3, -0.25) is 9.59 Å². The fourth-order valence-corrected chi connectivity index (χ4v) is 3.67.